The molecule has 6 heteroatoms. The van der Waals surface area contributed by atoms with Gasteiger partial charge in [0.2, 0.25) is 0 Å². The van der Waals surface area contributed by atoms with Gasteiger partial charge >= 0.3 is 0 Å². The van der Waals surface area contributed by atoms with E-state index in [1.165, 1.54) is 12.1 Å². The predicted octanol–water partition coefficient (Wildman–Crippen LogP) is 1.99. The largest absolute Gasteiger partial charge is 0.508 e. The summed E-state index contributed by atoms with van der Waals surface area (Å²) in [5, 5.41) is 24.8. The van der Waals surface area contributed by atoms with Crippen LogP contribution in [0.5, 0.6) is 5.75 Å². The van der Waals surface area contributed by atoms with Gasteiger partial charge in [0.15, 0.2) is 0 Å². The number of rotatable bonds is 4. The molecule has 0 aliphatic carbocycles. The van der Waals surface area contributed by atoms with Crippen LogP contribution in [0.2, 0.25) is 0 Å². The van der Waals surface area contributed by atoms with Gasteiger partial charge in [-0.05, 0) is 18.2 Å². The van der Waals surface area contributed by atoms with E-state index in [2.05, 4.69) is 15.7 Å². The first-order valence-corrected chi connectivity index (χ1v) is 6.10. The molecule has 6 nitrogen and oxygen atoms in total. The number of hydrogen-bond acceptors (Lipinski definition) is 5. The number of carbonyl (C=O) groups excluding carboxylic acids is 1. The molecule has 3 N–H and O–H groups in total. The van der Waals surface area contributed by atoms with E-state index in [1.54, 1.807) is 36.4 Å². The number of amides is 1. The van der Waals surface area contributed by atoms with Gasteiger partial charge in [-0.1, -0.05) is 41.6 Å². The van der Waals surface area contributed by atoms with E-state index >= 15 is 0 Å². The molecule has 106 valence electrons. The minimum Gasteiger partial charge on any atom is -0.508 e. The number of hydrazone groups is 1. The van der Waals surface area contributed by atoms with Crippen LogP contribution in [0.15, 0.2) is 64.9 Å². The number of phenols is 1. The Bertz CT molecular complexity index is 682. The van der Waals surface area contributed by atoms with Crippen molar-refractivity contribution in [2.45, 2.75) is 0 Å². The Morgan fingerprint density at radius 1 is 1.05 bits per heavy atom. The van der Waals surface area contributed by atoms with E-state index in [9.17, 15) is 9.90 Å². The van der Waals surface area contributed by atoms with Crippen LogP contribution in [0.25, 0.3) is 0 Å². The molecule has 2 rings (SSSR count). The van der Waals surface area contributed by atoms with E-state index in [0.717, 1.165) is 6.21 Å². The predicted molar refractivity (Wildman–Crippen MR) is 78.8 cm³/mol. The molecule has 0 atom stereocenters. The maximum atomic E-state index is 11.9. The smallest absolute Gasteiger partial charge is 0.271 e. The lowest BCUT2D eigenvalue weighted by Crippen LogP contribution is -2.20. The highest BCUT2D eigenvalue weighted by Crippen LogP contribution is 2.10. The van der Waals surface area contributed by atoms with Crippen molar-refractivity contribution in [1.29, 1.82) is 0 Å². The average Bonchev–Trinajstić information content (AvgIpc) is 2.52. The molecule has 1 amide bonds. The van der Waals surface area contributed by atoms with Crippen molar-refractivity contribution >= 4 is 17.8 Å². The van der Waals surface area contributed by atoms with Crippen LogP contribution in [0.3, 0.4) is 0 Å². The van der Waals surface area contributed by atoms with E-state index in [4.69, 9.17) is 5.21 Å². The fourth-order valence-corrected chi connectivity index (χ4v) is 1.65. The third kappa shape index (κ3) is 3.90. The molecule has 0 spiro atoms. The highest BCUT2D eigenvalue weighted by Gasteiger charge is 2.06. The number of nitrogens with one attached hydrogen (secondary N) is 1. The first-order chi connectivity index (χ1) is 10.2. The second kappa shape index (κ2) is 6.85. The van der Waals surface area contributed by atoms with E-state index in [1.807, 2.05) is 6.07 Å². The number of phenolic OH excluding ortho intramolecular Hbond substituents is 1. The highest BCUT2D eigenvalue weighted by atomic mass is 16.4. The zero-order valence-electron chi connectivity index (χ0n) is 11.0. The van der Waals surface area contributed by atoms with E-state index < -0.39 is 5.91 Å². The Kier molecular flexibility index (Phi) is 4.66. The molecular formula is C15H13N3O3. The fourth-order valence-electron chi connectivity index (χ4n) is 1.65. The van der Waals surface area contributed by atoms with Crippen LogP contribution in [0, 0.1) is 0 Å². The molecule has 2 aromatic rings. The number of hydrogen-bond donors (Lipinski definition) is 3. The van der Waals surface area contributed by atoms with Crippen LogP contribution in [-0.2, 0) is 0 Å². The number of carbonyl (C=O) groups is 1. The summed E-state index contributed by atoms with van der Waals surface area (Å²) in [5.41, 5.74) is 3.60. The zero-order chi connectivity index (χ0) is 15.1. The van der Waals surface area contributed by atoms with Gasteiger partial charge in [-0.25, -0.2) is 5.43 Å². The molecule has 0 saturated carbocycles. The van der Waals surface area contributed by atoms with Crippen LogP contribution in [0.4, 0.5) is 0 Å². The standard InChI is InChI=1S/C15H13N3O3/c19-13-8-4-7-12(9-13)15(20)18-17-14(10-16-21)11-5-2-1-3-6-11/h1-10,19,21H,(H,18,20). The normalized spacial score (nSPS) is 11.5. The highest BCUT2D eigenvalue weighted by molar-refractivity contribution is 6.38. The van der Waals surface area contributed by atoms with Crippen molar-refractivity contribution in [3.63, 3.8) is 0 Å². The molecule has 21 heavy (non-hydrogen) atoms. The Labute approximate surface area is 121 Å². The van der Waals surface area contributed by atoms with Gasteiger partial charge < -0.3 is 10.3 Å². The summed E-state index contributed by atoms with van der Waals surface area (Å²) < 4.78 is 0. The minimum atomic E-state index is -0.481. The van der Waals surface area contributed by atoms with Gasteiger partial charge in [0.25, 0.3) is 5.91 Å². The van der Waals surface area contributed by atoms with Crippen molar-refractivity contribution in [2.24, 2.45) is 10.3 Å². The monoisotopic (exact) mass is 283 g/mol. The molecule has 0 unspecified atom stereocenters. The van der Waals surface area contributed by atoms with Crippen molar-refractivity contribution in [3.05, 3.63) is 65.7 Å². The lowest BCUT2D eigenvalue weighted by molar-refractivity contribution is 0.0954. The van der Waals surface area contributed by atoms with Crippen molar-refractivity contribution in [3.8, 4) is 5.75 Å². The first-order valence-electron chi connectivity index (χ1n) is 6.10. The third-order valence-corrected chi connectivity index (χ3v) is 2.64. The van der Waals surface area contributed by atoms with E-state index in [0.29, 0.717) is 11.3 Å². The molecular weight excluding hydrogens is 270 g/mol. The fraction of sp³-hybridized carbons (Fsp3) is 0. The lowest BCUT2D eigenvalue weighted by Gasteiger charge is -2.03. The number of benzene rings is 2. The second-order valence-corrected chi connectivity index (χ2v) is 4.10. The van der Waals surface area contributed by atoms with Gasteiger partial charge in [-0.15, -0.1) is 0 Å². The summed E-state index contributed by atoms with van der Waals surface area (Å²) in [6.45, 7) is 0. The average molecular weight is 283 g/mol. The SMILES string of the molecule is O=C(NN=C(C=NO)c1ccccc1)c1cccc(O)c1. The van der Waals surface area contributed by atoms with Gasteiger partial charge in [0.05, 0.1) is 6.21 Å². The quantitative estimate of drug-likeness (QED) is 0.455. The first kappa shape index (κ1) is 14.3. The van der Waals surface area contributed by atoms with Crippen LogP contribution < -0.4 is 5.43 Å². The summed E-state index contributed by atoms with van der Waals surface area (Å²) >= 11 is 0. The summed E-state index contributed by atoms with van der Waals surface area (Å²) in [5.74, 6) is -0.488. The summed E-state index contributed by atoms with van der Waals surface area (Å²) in [6.07, 6.45) is 1.12. The van der Waals surface area contributed by atoms with Gasteiger partial charge in [0.1, 0.15) is 11.5 Å². The van der Waals surface area contributed by atoms with Crippen LogP contribution >= 0.6 is 0 Å². The zero-order valence-corrected chi connectivity index (χ0v) is 11.0. The molecule has 0 aromatic heterocycles. The summed E-state index contributed by atoms with van der Waals surface area (Å²) in [7, 11) is 0. The Hall–Kier alpha value is -3.15. The van der Waals surface area contributed by atoms with Crippen LogP contribution in [0.1, 0.15) is 15.9 Å². The second-order valence-electron chi connectivity index (χ2n) is 4.10. The van der Waals surface area contributed by atoms with E-state index in [-0.39, 0.29) is 11.3 Å². The summed E-state index contributed by atoms with van der Waals surface area (Å²) in [4.78, 5) is 11.9. The molecule has 0 fully saturated rings. The topological polar surface area (TPSA) is 94.3 Å². The molecule has 0 aliphatic rings. The van der Waals surface area contributed by atoms with Crippen LogP contribution in [-0.4, -0.2) is 28.1 Å². The molecule has 0 aliphatic heterocycles. The molecule has 0 radical (unpaired) electrons. The number of nitrogens with zero attached hydrogens (tertiary/aromatic N) is 2. The van der Waals surface area contributed by atoms with Crippen molar-refractivity contribution in [1.82, 2.24) is 5.43 Å². The third-order valence-electron chi connectivity index (χ3n) is 2.64. The van der Waals surface area contributed by atoms with Crippen molar-refractivity contribution < 1.29 is 15.1 Å². The molecule has 0 saturated heterocycles. The maximum Gasteiger partial charge on any atom is 0.271 e. The lowest BCUT2D eigenvalue weighted by atomic mass is 10.1. The Morgan fingerprint density at radius 2 is 1.76 bits per heavy atom. The molecule has 0 heterocycles. The molecule has 0 bridgehead atoms. The molecule has 2 aromatic carbocycles. The van der Waals surface area contributed by atoms with Gasteiger partial charge in [-0.3, -0.25) is 4.79 Å². The van der Waals surface area contributed by atoms with Gasteiger partial charge in [0, 0.05) is 11.1 Å². The Balaban J connectivity index is 2.19. The van der Waals surface area contributed by atoms with Crippen molar-refractivity contribution in [2.75, 3.05) is 0 Å². The number of oxime groups is 1. The summed E-state index contributed by atoms with van der Waals surface area (Å²) in [6, 6.07) is 14.9. The number of aromatic hydroxyl groups is 1. The maximum absolute atomic E-state index is 11.9. The minimum absolute atomic E-state index is 0.00756. The Morgan fingerprint density at radius 3 is 2.43 bits per heavy atom. The van der Waals surface area contributed by atoms with Gasteiger partial charge in [-0.2, -0.15) is 5.10 Å².